The number of nitrogens with zero attached hydrogens (tertiary/aromatic N) is 2. The molecular weight excluding hydrogens is 428 g/mol. The van der Waals surface area contributed by atoms with Crippen LogP contribution in [-0.4, -0.2) is 59.1 Å². The summed E-state index contributed by atoms with van der Waals surface area (Å²) >= 11 is 6.07. The first-order chi connectivity index (χ1) is 16.2. The van der Waals surface area contributed by atoms with Crippen LogP contribution in [0.5, 0.6) is 0 Å². The topological polar surface area (TPSA) is 34.3 Å². The van der Waals surface area contributed by atoms with Gasteiger partial charge in [0.05, 0.1) is 0 Å². The van der Waals surface area contributed by atoms with Gasteiger partial charge in [0.25, 0.3) is 0 Å². The van der Waals surface area contributed by atoms with E-state index >= 15 is 0 Å². The Kier molecular flexibility index (Phi) is 5.95. The summed E-state index contributed by atoms with van der Waals surface area (Å²) in [6.45, 7) is 6.99. The molecule has 0 radical (unpaired) electrons. The standard InChI is InChI=1S/C28H35ClN4/c29-24-9-7-21(8-10-24)17-32-13-11-28(12-14-32)20-31-25(19-33(28)18-22-5-6-22)15-23-16-30-27-4-2-1-3-26(23)27/h1-4,7-10,16,22,25,30-31H,5-6,11-15,17-20H2/t25-/m1/s1. The summed E-state index contributed by atoms with van der Waals surface area (Å²) < 4.78 is 0. The molecule has 1 spiro atoms. The van der Waals surface area contributed by atoms with Gasteiger partial charge in [-0.05, 0) is 67.3 Å². The van der Waals surface area contributed by atoms with Gasteiger partial charge in [0.2, 0.25) is 0 Å². The number of piperidine rings is 1. The van der Waals surface area contributed by atoms with Gasteiger partial charge in [0.1, 0.15) is 0 Å². The summed E-state index contributed by atoms with van der Waals surface area (Å²) in [7, 11) is 0. The number of H-pyrrole nitrogens is 1. The summed E-state index contributed by atoms with van der Waals surface area (Å²) in [5, 5.41) is 6.19. The van der Waals surface area contributed by atoms with E-state index < -0.39 is 0 Å². The second kappa shape index (κ2) is 9.07. The molecule has 6 rings (SSSR count). The predicted octanol–water partition coefficient (Wildman–Crippen LogP) is 5.08. The molecule has 3 aromatic rings. The number of rotatable bonds is 6. The maximum atomic E-state index is 6.07. The van der Waals surface area contributed by atoms with Crippen molar-refractivity contribution in [3.8, 4) is 0 Å². The van der Waals surface area contributed by atoms with Gasteiger partial charge >= 0.3 is 0 Å². The van der Waals surface area contributed by atoms with Crippen LogP contribution in [0.15, 0.2) is 54.7 Å². The minimum atomic E-state index is 0.329. The first-order valence-electron chi connectivity index (χ1n) is 12.7. The van der Waals surface area contributed by atoms with Crippen LogP contribution in [0.3, 0.4) is 0 Å². The number of hydrogen-bond donors (Lipinski definition) is 2. The van der Waals surface area contributed by atoms with Gasteiger partial charge < -0.3 is 10.3 Å². The van der Waals surface area contributed by atoms with E-state index in [1.54, 1.807) is 0 Å². The zero-order valence-electron chi connectivity index (χ0n) is 19.4. The van der Waals surface area contributed by atoms with Crippen LogP contribution in [0, 0.1) is 5.92 Å². The number of piperazine rings is 1. The van der Waals surface area contributed by atoms with Crippen molar-refractivity contribution in [2.45, 2.75) is 50.2 Å². The molecule has 3 aliphatic rings. The van der Waals surface area contributed by atoms with Gasteiger partial charge in [-0.1, -0.05) is 41.9 Å². The van der Waals surface area contributed by atoms with Crippen molar-refractivity contribution in [1.82, 2.24) is 20.1 Å². The maximum Gasteiger partial charge on any atom is 0.0456 e. The molecule has 4 nitrogen and oxygen atoms in total. The van der Waals surface area contributed by atoms with Gasteiger partial charge in [-0.25, -0.2) is 0 Å². The third kappa shape index (κ3) is 4.72. The molecule has 2 aliphatic heterocycles. The second-order valence-electron chi connectivity index (χ2n) is 10.6. The molecule has 1 aliphatic carbocycles. The summed E-state index contributed by atoms with van der Waals surface area (Å²) in [6.07, 6.45) is 8.70. The van der Waals surface area contributed by atoms with Crippen LogP contribution in [0.1, 0.15) is 36.8 Å². The predicted molar refractivity (Wildman–Crippen MR) is 137 cm³/mol. The van der Waals surface area contributed by atoms with Gasteiger partial charge in [-0.3, -0.25) is 9.80 Å². The van der Waals surface area contributed by atoms with E-state index in [1.165, 1.54) is 73.9 Å². The molecule has 0 amide bonds. The largest absolute Gasteiger partial charge is 0.361 e. The molecule has 3 heterocycles. The zero-order chi connectivity index (χ0) is 22.3. The molecule has 3 fully saturated rings. The Bertz CT molecular complexity index is 1080. The lowest BCUT2D eigenvalue weighted by Gasteiger charge is -2.54. The van der Waals surface area contributed by atoms with Crippen LogP contribution in [0.2, 0.25) is 5.02 Å². The number of aromatic amines is 1. The highest BCUT2D eigenvalue weighted by Crippen LogP contribution is 2.38. The van der Waals surface area contributed by atoms with Crippen molar-refractivity contribution < 1.29 is 0 Å². The highest BCUT2D eigenvalue weighted by Gasteiger charge is 2.45. The Morgan fingerprint density at radius 3 is 2.58 bits per heavy atom. The van der Waals surface area contributed by atoms with E-state index in [0.717, 1.165) is 30.5 Å². The zero-order valence-corrected chi connectivity index (χ0v) is 20.2. The molecule has 5 heteroatoms. The van der Waals surface area contributed by atoms with Crippen LogP contribution in [-0.2, 0) is 13.0 Å². The first kappa shape index (κ1) is 21.7. The van der Waals surface area contributed by atoms with E-state index in [1.807, 2.05) is 12.1 Å². The highest BCUT2D eigenvalue weighted by atomic mass is 35.5. The third-order valence-corrected chi connectivity index (χ3v) is 8.51. The van der Waals surface area contributed by atoms with Crippen LogP contribution in [0.4, 0.5) is 0 Å². The molecule has 2 N–H and O–H groups in total. The lowest BCUT2D eigenvalue weighted by molar-refractivity contribution is -0.0154. The van der Waals surface area contributed by atoms with Crippen LogP contribution >= 0.6 is 11.6 Å². The smallest absolute Gasteiger partial charge is 0.0456 e. The van der Waals surface area contributed by atoms with Crippen molar-refractivity contribution >= 4 is 22.5 Å². The molecule has 1 saturated carbocycles. The Hall–Kier alpha value is -1.85. The Labute approximate surface area is 202 Å². The molecule has 1 aromatic heterocycles. The van der Waals surface area contributed by atoms with E-state index in [9.17, 15) is 0 Å². The van der Waals surface area contributed by atoms with Crippen LogP contribution in [0.25, 0.3) is 10.9 Å². The van der Waals surface area contributed by atoms with Gasteiger partial charge in [0.15, 0.2) is 0 Å². The Balaban J connectivity index is 1.12. The second-order valence-corrected chi connectivity index (χ2v) is 11.1. The molecule has 33 heavy (non-hydrogen) atoms. The number of halogens is 1. The molecule has 1 atom stereocenters. The monoisotopic (exact) mass is 462 g/mol. The minimum absolute atomic E-state index is 0.329. The van der Waals surface area contributed by atoms with Crippen molar-refractivity contribution in [3.63, 3.8) is 0 Å². The number of benzene rings is 2. The minimum Gasteiger partial charge on any atom is -0.361 e. The Morgan fingerprint density at radius 1 is 1.00 bits per heavy atom. The average Bonchev–Trinajstić information content (AvgIpc) is 3.57. The number of hydrogen-bond acceptors (Lipinski definition) is 3. The lowest BCUT2D eigenvalue weighted by Crippen LogP contribution is -2.68. The fourth-order valence-corrected chi connectivity index (χ4v) is 6.15. The number of aromatic nitrogens is 1. The fraction of sp³-hybridized carbons (Fsp3) is 0.500. The Morgan fingerprint density at radius 2 is 1.79 bits per heavy atom. The molecule has 0 unspecified atom stereocenters. The van der Waals surface area contributed by atoms with Crippen LogP contribution < -0.4 is 5.32 Å². The molecule has 174 valence electrons. The first-order valence-corrected chi connectivity index (χ1v) is 13.0. The number of nitrogens with one attached hydrogen (secondary N) is 2. The number of fused-ring (bicyclic) bond motifs is 1. The summed E-state index contributed by atoms with van der Waals surface area (Å²) in [5.41, 5.74) is 4.40. The van der Waals surface area contributed by atoms with E-state index in [4.69, 9.17) is 11.6 Å². The highest BCUT2D eigenvalue weighted by molar-refractivity contribution is 6.30. The SMILES string of the molecule is Clc1ccc(CN2CCC3(CC2)CN[C@H](Cc2c[nH]c4ccccc24)CN3CC2CC2)cc1. The van der Waals surface area contributed by atoms with Gasteiger partial charge in [-0.2, -0.15) is 0 Å². The molecule has 2 saturated heterocycles. The fourth-order valence-electron chi connectivity index (χ4n) is 6.02. The molecule has 0 bridgehead atoms. The average molecular weight is 463 g/mol. The van der Waals surface area contributed by atoms with Crippen molar-refractivity contribution in [1.29, 1.82) is 0 Å². The molecular formula is C28H35ClN4. The maximum absolute atomic E-state index is 6.07. The van der Waals surface area contributed by atoms with E-state index in [2.05, 4.69) is 62.7 Å². The third-order valence-electron chi connectivity index (χ3n) is 8.25. The van der Waals surface area contributed by atoms with E-state index in [-0.39, 0.29) is 0 Å². The van der Waals surface area contributed by atoms with E-state index in [0.29, 0.717) is 11.6 Å². The normalized spacial score (nSPS) is 24.0. The van der Waals surface area contributed by atoms with Gasteiger partial charge in [-0.15, -0.1) is 0 Å². The lowest BCUT2D eigenvalue weighted by atomic mass is 9.82. The van der Waals surface area contributed by atoms with Crippen molar-refractivity contribution in [2.75, 3.05) is 32.7 Å². The van der Waals surface area contributed by atoms with Crippen molar-refractivity contribution in [2.24, 2.45) is 5.92 Å². The number of para-hydroxylation sites is 1. The quantitative estimate of drug-likeness (QED) is 0.536. The summed E-state index contributed by atoms with van der Waals surface area (Å²) in [5.74, 6) is 0.931. The number of likely N-dealkylation sites (tertiary alicyclic amines) is 1. The van der Waals surface area contributed by atoms with Crippen molar-refractivity contribution in [3.05, 3.63) is 70.9 Å². The summed E-state index contributed by atoms with van der Waals surface area (Å²) in [6, 6.07) is 17.6. The molecule has 2 aromatic carbocycles. The van der Waals surface area contributed by atoms with Gasteiger partial charge in [0, 0.05) is 73.0 Å². The summed E-state index contributed by atoms with van der Waals surface area (Å²) in [4.78, 5) is 8.99.